The van der Waals surface area contributed by atoms with Crippen LogP contribution in [-0.4, -0.2) is 6.29 Å². The van der Waals surface area contributed by atoms with Crippen LogP contribution in [0.5, 0.6) is 0 Å². The van der Waals surface area contributed by atoms with E-state index in [2.05, 4.69) is 13.0 Å². The van der Waals surface area contributed by atoms with Gasteiger partial charge in [-0.15, -0.1) is 0 Å². The summed E-state index contributed by atoms with van der Waals surface area (Å²) in [5, 5.41) is 0. The van der Waals surface area contributed by atoms with Gasteiger partial charge in [0.25, 0.3) is 0 Å². The molecule has 1 unspecified atom stereocenters. The molecule has 0 aromatic carbocycles. The van der Waals surface area contributed by atoms with Crippen molar-refractivity contribution in [2.24, 2.45) is 5.41 Å². The van der Waals surface area contributed by atoms with Gasteiger partial charge in [0.15, 0.2) is 0 Å². The summed E-state index contributed by atoms with van der Waals surface area (Å²) in [4.78, 5) is 10.6. The van der Waals surface area contributed by atoms with Gasteiger partial charge in [-0.05, 0) is 33.1 Å². The zero-order valence-corrected chi connectivity index (χ0v) is 6.68. The minimum atomic E-state index is -0.150. The van der Waals surface area contributed by atoms with Gasteiger partial charge in [0.2, 0.25) is 0 Å². The van der Waals surface area contributed by atoms with E-state index in [1.165, 1.54) is 12.0 Å². The highest BCUT2D eigenvalue weighted by atomic mass is 16.1. The number of carbonyl (C=O) groups is 1. The van der Waals surface area contributed by atoms with Gasteiger partial charge in [0.05, 0.1) is 0 Å². The smallest absolute Gasteiger partial charge is 0.129 e. The summed E-state index contributed by atoms with van der Waals surface area (Å²) in [7, 11) is 0. The van der Waals surface area contributed by atoms with Gasteiger partial charge in [0, 0.05) is 5.41 Å². The van der Waals surface area contributed by atoms with Gasteiger partial charge in [0.1, 0.15) is 6.29 Å². The molecule has 0 aliphatic heterocycles. The first-order chi connectivity index (χ1) is 4.66. The van der Waals surface area contributed by atoms with E-state index in [-0.39, 0.29) is 5.41 Å². The molecule has 0 heterocycles. The van der Waals surface area contributed by atoms with E-state index in [1.54, 1.807) is 0 Å². The topological polar surface area (TPSA) is 17.1 Å². The van der Waals surface area contributed by atoms with Crippen molar-refractivity contribution in [3.8, 4) is 0 Å². The average Bonchev–Trinajstić information content (AvgIpc) is 1.88. The average molecular weight is 138 g/mol. The van der Waals surface area contributed by atoms with Crippen LogP contribution in [-0.2, 0) is 4.79 Å². The van der Waals surface area contributed by atoms with Crippen molar-refractivity contribution in [1.82, 2.24) is 0 Å². The van der Waals surface area contributed by atoms with E-state index < -0.39 is 0 Å². The number of rotatable bonds is 1. The summed E-state index contributed by atoms with van der Waals surface area (Å²) in [5.41, 5.74) is 1.21. The molecule has 1 aliphatic carbocycles. The molecule has 0 N–H and O–H groups in total. The SMILES string of the molecule is CC1=CC(C)(C=O)CCC1. The van der Waals surface area contributed by atoms with Crippen LogP contribution in [0.4, 0.5) is 0 Å². The van der Waals surface area contributed by atoms with E-state index >= 15 is 0 Å². The number of hydrogen-bond donors (Lipinski definition) is 0. The van der Waals surface area contributed by atoms with E-state index in [1.807, 2.05) is 6.92 Å². The van der Waals surface area contributed by atoms with Crippen LogP contribution in [0.2, 0.25) is 0 Å². The third-order valence-corrected chi connectivity index (χ3v) is 2.13. The molecule has 1 nitrogen and oxygen atoms in total. The fraction of sp³-hybridized carbons (Fsp3) is 0.667. The number of hydrogen-bond acceptors (Lipinski definition) is 1. The molecule has 1 rings (SSSR count). The largest absolute Gasteiger partial charge is 0.302 e. The molecule has 0 aromatic heterocycles. The lowest BCUT2D eigenvalue weighted by Gasteiger charge is -2.24. The van der Waals surface area contributed by atoms with Crippen LogP contribution >= 0.6 is 0 Å². The highest BCUT2D eigenvalue weighted by molar-refractivity contribution is 5.62. The predicted molar refractivity (Wildman–Crippen MR) is 41.8 cm³/mol. The monoisotopic (exact) mass is 138 g/mol. The first-order valence-electron chi connectivity index (χ1n) is 3.81. The highest BCUT2D eigenvalue weighted by Gasteiger charge is 2.23. The Morgan fingerprint density at radius 1 is 1.70 bits per heavy atom. The lowest BCUT2D eigenvalue weighted by molar-refractivity contribution is -0.113. The van der Waals surface area contributed by atoms with E-state index in [4.69, 9.17) is 0 Å². The van der Waals surface area contributed by atoms with Crippen LogP contribution in [0.15, 0.2) is 11.6 Å². The molecule has 0 spiro atoms. The van der Waals surface area contributed by atoms with Crippen molar-refractivity contribution in [1.29, 1.82) is 0 Å². The second-order valence-corrected chi connectivity index (χ2v) is 3.47. The third-order valence-electron chi connectivity index (χ3n) is 2.13. The second-order valence-electron chi connectivity index (χ2n) is 3.47. The van der Waals surface area contributed by atoms with Crippen LogP contribution < -0.4 is 0 Å². The first-order valence-corrected chi connectivity index (χ1v) is 3.81. The Balaban J connectivity index is 2.78. The molecule has 10 heavy (non-hydrogen) atoms. The minimum absolute atomic E-state index is 0.150. The Hall–Kier alpha value is -0.590. The maximum atomic E-state index is 10.6. The van der Waals surface area contributed by atoms with Crippen molar-refractivity contribution in [2.45, 2.75) is 33.1 Å². The lowest BCUT2D eigenvalue weighted by Crippen LogP contribution is -2.18. The molecule has 1 atom stereocenters. The van der Waals surface area contributed by atoms with Crippen molar-refractivity contribution >= 4 is 6.29 Å². The highest BCUT2D eigenvalue weighted by Crippen LogP contribution is 2.31. The second kappa shape index (κ2) is 2.57. The van der Waals surface area contributed by atoms with Crippen LogP contribution in [0.3, 0.4) is 0 Å². The van der Waals surface area contributed by atoms with Gasteiger partial charge in [-0.2, -0.15) is 0 Å². The van der Waals surface area contributed by atoms with Crippen molar-refractivity contribution in [3.05, 3.63) is 11.6 Å². The van der Waals surface area contributed by atoms with Gasteiger partial charge in [-0.25, -0.2) is 0 Å². The van der Waals surface area contributed by atoms with Crippen molar-refractivity contribution in [2.75, 3.05) is 0 Å². The zero-order chi connectivity index (χ0) is 7.61. The molecular formula is C9H14O. The van der Waals surface area contributed by atoms with Crippen LogP contribution in [0, 0.1) is 5.41 Å². The first kappa shape index (κ1) is 7.52. The van der Waals surface area contributed by atoms with Crippen LogP contribution in [0.1, 0.15) is 33.1 Å². The standard InChI is InChI=1S/C9H14O/c1-8-4-3-5-9(2,6-8)7-10/h6-7H,3-5H2,1-2H3. The molecular weight excluding hydrogens is 124 g/mol. The number of carbonyl (C=O) groups excluding carboxylic acids is 1. The Bertz CT molecular complexity index is 170. The Morgan fingerprint density at radius 2 is 2.40 bits per heavy atom. The van der Waals surface area contributed by atoms with Gasteiger partial charge in [-0.3, -0.25) is 0 Å². The normalized spacial score (nSPS) is 33.2. The Kier molecular flexibility index (Phi) is 1.93. The number of allylic oxidation sites excluding steroid dienone is 2. The minimum Gasteiger partial charge on any atom is -0.302 e. The van der Waals surface area contributed by atoms with E-state index in [9.17, 15) is 4.79 Å². The molecule has 0 aromatic rings. The Morgan fingerprint density at radius 3 is 2.80 bits per heavy atom. The molecule has 1 aliphatic rings. The fourth-order valence-electron chi connectivity index (χ4n) is 1.55. The predicted octanol–water partition coefficient (Wildman–Crippen LogP) is 2.32. The van der Waals surface area contributed by atoms with Crippen LogP contribution in [0.25, 0.3) is 0 Å². The zero-order valence-electron chi connectivity index (χ0n) is 6.68. The van der Waals surface area contributed by atoms with E-state index in [0.717, 1.165) is 19.1 Å². The summed E-state index contributed by atoms with van der Waals surface area (Å²) >= 11 is 0. The molecule has 0 fully saturated rings. The lowest BCUT2D eigenvalue weighted by atomic mass is 9.80. The molecule has 56 valence electrons. The van der Waals surface area contributed by atoms with Crippen molar-refractivity contribution < 1.29 is 4.79 Å². The molecule has 0 bridgehead atoms. The fourth-order valence-corrected chi connectivity index (χ4v) is 1.55. The third kappa shape index (κ3) is 1.47. The summed E-state index contributed by atoms with van der Waals surface area (Å²) in [6.45, 7) is 4.10. The van der Waals surface area contributed by atoms with Gasteiger partial charge >= 0.3 is 0 Å². The van der Waals surface area contributed by atoms with Gasteiger partial charge in [-0.1, -0.05) is 11.6 Å². The molecule has 0 amide bonds. The molecule has 1 heteroatoms. The maximum absolute atomic E-state index is 10.6. The summed E-state index contributed by atoms with van der Waals surface area (Å²) in [6.07, 6.45) is 6.52. The maximum Gasteiger partial charge on any atom is 0.129 e. The Labute approximate surface area is 62.1 Å². The molecule has 0 saturated heterocycles. The summed E-state index contributed by atoms with van der Waals surface area (Å²) in [6, 6.07) is 0. The quantitative estimate of drug-likeness (QED) is 0.401. The molecule has 0 radical (unpaired) electrons. The van der Waals surface area contributed by atoms with Crippen molar-refractivity contribution in [3.63, 3.8) is 0 Å². The summed E-state index contributed by atoms with van der Waals surface area (Å²) in [5.74, 6) is 0. The van der Waals surface area contributed by atoms with Gasteiger partial charge < -0.3 is 4.79 Å². The molecule has 0 saturated carbocycles. The number of aldehydes is 1. The van der Waals surface area contributed by atoms with E-state index in [0.29, 0.717) is 0 Å². The summed E-state index contributed by atoms with van der Waals surface area (Å²) < 4.78 is 0.